The molecule has 0 unspecified atom stereocenters. The monoisotopic (exact) mass is 476 g/mol. The normalized spacial score (nSPS) is 23.4. The molecule has 5 rings (SSSR count). The second-order valence-electron chi connectivity index (χ2n) is 9.89. The molecule has 0 bridgehead atoms. The molecule has 2 aliphatic carbocycles. The number of carboxylic acids is 1. The molecular formula is C28H32N2O5. The molecule has 1 saturated heterocycles. The van der Waals surface area contributed by atoms with E-state index in [9.17, 15) is 19.5 Å². The maximum Gasteiger partial charge on any atom is 0.407 e. The first-order chi connectivity index (χ1) is 17.0. The van der Waals surface area contributed by atoms with Gasteiger partial charge in [-0.05, 0) is 47.9 Å². The van der Waals surface area contributed by atoms with Crippen LogP contribution >= 0.6 is 0 Å². The summed E-state index contributed by atoms with van der Waals surface area (Å²) in [5, 5.41) is 12.2. The van der Waals surface area contributed by atoms with E-state index in [0.717, 1.165) is 43.2 Å². The van der Waals surface area contributed by atoms with Gasteiger partial charge in [-0.15, -0.1) is 0 Å². The summed E-state index contributed by atoms with van der Waals surface area (Å²) in [6.07, 6.45) is 4.30. The Labute approximate surface area is 205 Å². The number of carboxylic acid groups (broad SMARTS) is 1. The van der Waals surface area contributed by atoms with E-state index in [2.05, 4.69) is 29.6 Å². The van der Waals surface area contributed by atoms with Crippen LogP contribution in [0.1, 0.15) is 62.0 Å². The van der Waals surface area contributed by atoms with Crippen molar-refractivity contribution >= 4 is 18.0 Å². The van der Waals surface area contributed by atoms with Crippen LogP contribution in [0.3, 0.4) is 0 Å². The zero-order chi connectivity index (χ0) is 24.4. The number of aliphatic carboxylic acids is 1. The molecule has 0 spiro atoms. The lowest BCUT2D eigenvalue weighted by molar-refractivity contribution is -0.142. The molecule has 7 nitrogen and oxygen atoms in total. The molecule has 35 heavy (non-hydrogen) atoms. The number of ether oxygens (including phenoxy) is 1. The standard InChI is InChI=1S/C28H32N2O5/c31-26(32)16-18-8-7-15-30(18)27(33)23-13-5-6-14-25(23)29-28(34)35-17-24-21-11-3-1-9-19(21)20-10-2-4-12-22(20)24/h1-4,9-12,18,23-25H,5-8,13-17H2,(H,29,34)(H,31,32)/t18-,23-,25+/m1/s1. The van der Waals surface area contributed by atoms with Crippen LogP contribution in [0.15, 0.2) is 48.5 Å². The predicted molar refractivity (Wildman–Crippen MR) is 131 cm³/mol. The van der Waals surface area contributed by atoms with Crippen LogP contribution in [-0.2, 0) is 14.3 Å². The number of nitrogens with one attached hydrogen (secondary N) is 1. The van der Waals surface area contributed by atoms with Crippen molar-refractivity contribution in [3.63, 3.8) is 0 Å². The molecule has 3 atom stereocenters. The minimum atomic E-state index is -0.883. The first kappa shape index (κ1) is 23.4. The summed E-state index contributed by atoms with van der Waals surface area (Å²) in [6.45, 7) is 0.822. The van der Waals surface area contributed by atoms with Gasteiger partial charge in [0.2, 0.25) is 5.91 Å². The number of rotatable bonds is 6. The predicted octanol–water partition coefficient (Wildman–Crippen LogP) is 4.55. The minimum Gasteiger partial charge on any atom is -0.481 e. The van der Waals surface area contributed by atoms with Gasteiger partial charge in [-0.2, -0.15) is 0 Å². The zero-order valence-corrected chi connectivity index (χ0v) is 19.8. The molecule has 2 fully saturated rings. The number of hydrogen-bond donors (Lipinski definition) is 2. The van der Waals surface area contributed by atoms with Crippen LogP contribution in [-0.4, -0.2) is 53.2 Å². The van der Waals surface area contributed by atoms with E-state index in [4.69, 9.17) is 4.74 Å². The van der Waals surface area contributed by atoms with Gasteiger partial charge in [-0.3, -0.25) is 9.59 Å². The number of benzene rings is 2. The number of hydrogen-bond acceptors (Lipinski definition) is 4. The molecule has 1 saturated carbocycles. The van der Waals surface area contributed by atoms with Gasteiger partial charge >= 0.3 is 12.1 Å². The van der Waals surface area contributed by atoms with E-state index in [1.165, 1.54) is 11.1 Å². The van der Waals surface area contributed by atoms with E-state index in [-0.39, 0.29) is 42.9 Å². The highest BCUT2D eigenvalue weighted by Gasteiger charge is 2.39. The molecular weight excluding hydrogens is 444 g/mol. The molecule has 0 aromatic heterocycles. The first-order valence-corrected chi connectivity index (χ1v) is 12.7. The Bertz CT molecular complexity index is 1070. The average Bonchev–Trinajstić information content (AvgIpc) is 3.44. The summed E-state index contributed by atoms with van der Waals surface area (Å²) >= 11 is 0. The van der Waals surface area contributed by atoms with Crippen molar-refractivity contribution < 1.29 is 24.2 Å². The van der Waals surface area contributed by atoms with Crippen LogP contribution in [0.2, 0.25) is 0 Å². The van der Waals surface area contributed by atoms with Crippen molar-refractivity contribution in [1.29, 1.82) is 0 Å². The fourth-order valence-corrected chi connectivity index (χ4v) is 6.14. The van der Waals surface area contributed by atoms with Crippen molar-refractivity contribution in [2.24, 2.45) is 5.92 Å². The fraction of sp³-hybridized carbons (Fsp3) is 0.464. The second-order valence-corrected chi connectivity index (χ2v) is 9.89. The number of carbonyl (C=O) groups excluding carboxylic acids is 2. The molecule has 184 valence electrons. The highest BCUT2D eigenvalue weighted by molar-refractivity contribution is 5.82. The summed E-state index contributed by atoms with van der Waals surface area (Å²) in [7, 11) is 0. The molecule has 2 N–H and O–H groups in total. The van der Waals surface area contributed by atoms with Crippen molar-refractivity contribution in [3.8, 4) is 11.1 Å². The van der Waals surface area contributed by atoms with E-state index in [1.54, 1.807) is 4.90 Å². The molecule has 1 heterocycles. The number of nitrogens with zero attached hydrogens (tertiary/aromatic N) is 1. The SMILES string of the molecule is O=C(O)C[C@H]1CCCN1C(=O)[C@@H]1CCCC[C@@H]1NC(=O)OCC1c2ccccc2-c2ccccc21. The second kappa shape index (κ2) is 10.1. The number of carbonyl (C=O) groups is 3. The summed E-state index contributed by atoms with van der Waals surface area (Å²) < 4.78 is 5.72. The largest absolute Gasteiger partial charge is 0.481 e. The zero-order valence-electron chi connectivity index (χ0n) is 19.8. The molecule has 7 heteroatoms. The Morgan fingerprint density at radius 1 is 0.914 bits per heavy atom. The summed E-state index contributed by atoms with van der Waals surface area (Å²) in [4.78, 5) is 39.2. The minimum absolute atomic E-state index is 0.0155. The van der Waals surface area contributed by atoms with E-state index >= 15 is 0 Å². The smallest absolute Gasteiger partial charge is 0.407 e. The Morgan fingerprint density at radius 3 is 2.26 bits per heavy atom. The van der Waals surface area contributed by atoms with E-state index < -0.39 is 12.1 Å². The number of alkyl carbamates (subject to hydrolysis) is 1. The van der Waals surface area contributed by atoms with Gasteiger partial charge in [-0.1, -0.05) is 61.4 Å². The van der Waals surface area contributed by atoms with Gasteiger partial charge in [0.25, 0.3) is 0 Å². The highest BCUT2D eigenvalue weighted by atomic mass is 16.5. The van der Waals surface area contributed by atoms with Gasteiger partial charge in [0.1, 0.15) is 6.61 Å². The van der Waals surface area contributed by atoms with Gasteiger partial charge in [-0.25, -0.2) is 4.79 Å². The lowest BCUT2D eigenvalue weighted by atomic mass is 9.83. The first-order valence-electron chi connectivity index (χ1n) is 12.7. The number of fused-ring (bicyclic) bond motifs is 3. The van der Waals surface area contributed by atoms with E-state index in [1.807, 2.05) is 24.3 Å². The van der Waals surface area contributed by atoms with Crippen molar-refractivity contribution in [1.82, 2.24) is 10.2 Å². The van der Waals surface area contributed by atoms with Crippen LogP contribution in [0.4, 0.5) is 4.79 Å². The highest BCUT2D eigenvalue weighted by Crippen LogP contribution is 2.44. The Kier molecular flexibility index (Phi) is 6.75. The van der Waals surface area contributed by atoms with Crippen LogP contribution < -0.4 is 5.32 Å². The number of likely N-dealkylation sites (tertiary alicyclic amines) is 1. The van der Waals surface area contributed by atoms with Crippen LogP contribution in [0.5, 0.6) is 0 Å². The maximum atomic E-state index is 13.4. The third-order valence-corrected chi connectivity index (χ3v) is 7.80. The van der Waals surface area contributed by atoms with Crippen LogP contribution in [0.25, 0.3) is 11.1 Å². The van der Waals surface area contributed by atoms with Gasteiger partial charge in [0, 0.05) is 24.5 Å². The Hall–Kier alpha value is -3.35. The summed E-state index contributed by atoms with van der Waals surface area (Å²) in [5.74, 6) is -1.26. The molecule has 2 aromatic carbocycles. The molecule has 0 radical (unpaired) electrons. The van der Waals surface area contributed by atoms with Gasteiger partial charge < -0.3 is 20.1 Å². The average molecular weight is 477 g/mol. The third kappa shape index (κ3) is 4.77. The topological polar surface area (TPSA) is 95.9 Å². The van der Waals surface area contributed by atoms with Gasteiger partial charge in [0.15, 0.2) is 0 Å². The summed E-state index contributed by atoms with van der Waals surface area (Å²) in [5.41, 5.74) is 4.67. The Balaban J connectivity index is 1.23. The van der Waals surface area contributed by atoms with Crippen molar-refractivity contribution in [2.75, 3.05) is 13.2 Å². The lowest BCUT2D eigenvalue weighted by Crippen LogP contribution is -2.51. The molecule has 1 aliphatic heterocycles. The molecule has 2 aromatic rings. The third-order valence-electron chi connectivity index (χ3n) is 7.80. The quantitative estimate of drug-likeness (QED) is 0.638. The lowest BCUT2D eigenvalue weighted by Gasteiger charge is -2.35. The Morgan fingerprint density at radius 2 is 1.57 bits per heavy atom. The summed E-state index contributed by atoms with van der Waals surface area (Å²) in [6, 6.07) is 15.9. The van der Waals surface area contributed by atoms with Crippen molar-refractivity contribution in [2.45, 2.75) is 62.9 Å². The number of amides is 2. The molecule has 3 aliphatic rings. The van der Waals surface area contributed by atoms with Crippen molar-refractivity contribution in [3.05, 3.63) is 59.7 Å². The maximum absolute atomic E-state index is 13.4. The van der Waals surface area contributed by atoms with E-state index in [0.29, 0.717) is 13.0 Å². The van der Waals surface area contributed by atoms with Crippen LogP contribution in [0, 0.1) is 5.92 Å². The molecule has 2 amide bonds. The fourth-order valence-electron chi connectivity index (χ4n) is 6.14. The van der Waals surface area contributed by atoms with Gasteiger partial charge in [0.05, 0.1) is 12.3 Å².